The number of aryl methyl sites for hydroxylation is 1. The highest BCUT2D eigenvalue weighted by Gasteiger charge is 2.29. The number of H-pyrrole nitrogens is 1. The van der Waals surface area contributed by atoms with Crippen LogP contribution in [0.4, 0.5) is 4.39 Å². The fourth-order valence-corrected chi connectivity index (χ4v) is 5.16. The van der Waals surface area contributed by atoms with Crippen molar-refractivity contribution in [2.75, 3.05) is 14.1 Å². The first-order valence-electron chi connectivity index (χ1n) is 11.8. The van der Waals surface area contributed by atoms with Gasteiger partial charge < -0.3 is 9.55 Å². The molecule has 5 rings (SSSR count). The van der Waals surface area contributed by atoms with Crippen LogP contribution in [0.3, 0.4) is 0 Å². The minimum Gasteiger partial charge on any atom is -0.331 e. The van der Waals surface area contributed by atoms with Gasteiger partial charge in [-0.2, -0.15) is 12.7 Å². The van der Waals surface area contributed by atoms with Gasteiger partial charge in [-0.15, -0.1) is 0 Å². The van der Waals surface area contributed by atoms with Crippen molar-refractivity contribution < 1.29 is 17.6 Å². The lowest BCUT2D eigenvalue weighted by molar-refractivity contribution is 0.0972. The van der Waals surface area contributed by atoms with E-state index in [1.165, 1.54) is 43.1 Å². The van der Waals surface area contributed by atoms with Crippen LogP contribution in [0.2, 0.25) is 5.15 Å². The van der Waals surface area contributed by atoms with Gasteiger partial charge in [0, 0.05) is 47.8 Å². The molecule has 2 aromatic carbocycles. The van der Waals surface area contributed by atoms with E-state index in [1.54, 1.807) is 25.1 Å². The standard InChI is InChI=1S/C27H23ClFN5O4S/c1-15-11-19-22(13-20(15)29)34(14-17-12-16-7-4-5-9-21(16)31-25(17)28)24(27(36)32-39(37,38)33(2)3)23(19)18-8-6-10-30-26(18)35/h4-13H,14H2,1-3H3,(H,30,35)(H,32,36). The fourth-order valence-electron chi connectivity index (χ4n) is 4.44. The lowest BCUT2D eigenvalue weighted by Crippen LogP contribution is -2.40. The zero-order valence-corrected chi connectivity index (χ0v) is 22.7. The molecule has 0 saturated carbocycles. The molecule has 0 spiro atoms. The van der Waals surface area contributed by atoms with E-state index < -0.39 is 27.5 Å². The number of aromatic nitrogens is 3. The molecule has 0 fully saturated rings. The third-order valence-corrected chi connectivity index (χ3v) is 8.16. The SMILES string of the molecule is Cc1cc2c(-c3ccc[nH]c3=O)c(C(=O)NS(=O)(=O)N(C)C)n(Cc3cc4ccccc4nc3Cl)c2cc1F. The summed E-state index contributed by atoms with van der Waals surface area (Å²) in [5.74, 6) is -1.54. The third kappa shape index (κ3) is 4.80. The van der Waals surface area contributed by atoms with Gasteiger partial charge in [0.05, 0.1) is 17.6 Å². The number of nitrogens with zero attached hydrogens (tertiary/aromatic N) is 3. The van der Waals surface area contributed by atoms with Crippen molar-refractivity contribution >= 4 is 49.5 Å². The second-order valence-corrected chi connectivity index (χ2v) is 11.4. The highest BCUT2D eigenvalue weighted by molar-refractivity contribution is 7.87. The Labute approximate surface area is 228 Å². The molecule has 3 aromatic heterocycles. The average molecular weight is 568 g/mol. The summed E-state index contributed by atoms with van der Waals surface area (Å²) in [5.41, 5.74) is 1.34. The van der Waals surface area contributed by atoms with Gasteiger partial charge in [-0.05, 0) is 48.9 Å². The summed E-state index contributed by atoms with van der Waals surface area (Å²) in [7, 11) is -1.67. The van der Waals surface area contributed by atoms with Crippen molar-refractivity contribution in [1.29, 1.82) is 0 Å². The molecule has 200 valence electrons. The summed E-state index contributed by atoms with van der Waals surface area (Å²) in [6.45, 7) is 1.50. The van der Waals surface area contributed by atoms with Crippen molar-refractivity contribution in [3.8, 4) is 11.1 Å². The topological polar surface area (TPSA) is 117 Å². The summed E-state index contributed by atoms with van der Waals surface area (Å²) in [6, 6.07) is 15.0. The van der Waals surface area contributed by atoms with Crippen LogP contribution in [0, 0.1) is 12.7 Å². The van der Waals surface area contributed by atoms with Crippen LogP contribution in [0.15, 0.2) is 65.6 Å². The molecule has 1 amide bonds. The lowest BCUT2D eigenvalue weighted by atomic mass is 10.0. The van der Waals surface area contributed by atoms with Crippen molar-refractivity contribution in [2.24, 2.45) is 0 Å². The quantitative estimate of drug-likeness (QED) is 0.298. The summed E-state index contributed by atoms with van der Waals surface area (Å²) in [5, 5.41) is 1.34. The Balaban J connectivity index is 1.85. The molecule has 0 atom stereocenters. The monoisotopic (exact) mass is 567 g/mol. The number of amides is 1. The maximum Gasteiger partial charge on any atom is 0.303 e. The first-order chi connectivity index (χ1) is 18.5. The first-order valence-corrected chi connectivity index (χ1v) is 13.6. The fraction of sp³-hybridized carbons (Fsp3) is 0.148. The minimum absolute atomic E-state index is 0.0643. The number of hydrogen-bond donors (Lipinski definition) is 2. The largest absolute Gasteiger partial charge is 0.331 e. The Morgan fingerprint density at radius 1 is 1.15 bits per heavy atom. The summed E-state index contributed by atoms with van der Waals surface area (Å²) < 4.78 is 44.6. The maximum atomic E-state index is 14.9. The van der Waals surface area contributed by atoms with Crippen LogP contribution in [0.1, 0.15) is 21.6 Å². The molecule has 0 saturated heterocycles. The predicted molar refractivity (Wildman–Crippen MR) is 149 cm³/mol. The second kappa shape index (κ2) is 9.92. The molecule has 5 aromatic rings. The molecule has 0 aliphatic rings. The van der Waals surface area contributed by atoms with Gasteiger partial charge in [-0.25, -0.2) is 14.1 Å². The number of halogens is 2. The Kier molecular flexibility index (Phi) is 6.75. The molecule has 3 heterocycles. The van der Waals surface area contributed by atoms with Crippen LogP contribution < -0.4 is 10.3 Å². The van der Waals surface area contributed by atoms with E-state index in [1.807, 2.05) is 22.9 Å². The highest BCUT2D eigenvalue weighted by Crippen LogP contribution is 2.36. The Morgan fingerprint density at radius 2 is 1.90 bits per heavy atom. The number of hydrogen-bond acceptors (Lipinski definition) is 5. The van der Waals surface area contributed by atoms with Crippen molar-refractivity contribution in [3.63, 3.8) is 0 Å². The number of pyridine rings is 2. The van der Waals surface area contributed by atoms with Crippen LogP contribution in [-0.4, -0.2) is 47.3 Å². The Hall–Kier alpha value is -4.06. The van der Waals surface area contributed by atoms with E-state index in [0.717, 1.165) is 9.69 Å². The number of para-hydroxylation sites is 1. The number of rotatable bonds is 6. The van der Waals surface area contributed by atoms with E-state index in [0.29, 0.717) is 16.5 Å². The summed E-state index contributed by atoms with van der Waals surface area (Å²) >= 11 is 6.53. The van der Waals surface area contributed by atoms with Gasteiger partial charge in [0.15, 0.2) is 0 Å². The molecule has 2 N–H and O–H groups in total. The van der Waals surface area contributed by atoms with Crippen molar-refractivity contribution in [1.82, 2.24) is 23.6 Å². The number of fused-ring (bicyclic) bond motifs is 2. The number of benzene rings is 2. The van der Waals surface area contributed by atoms with Gasteiger partial charge in [-0.3, -0.25) is 9.59 Å². The Bertz CT molecular complexity index is 1950. The van der Waals surface area contributed by atoms with Crippen molar-refractivity contribution in [3.05, 3.63) is 98.9 Å². The first kappa shape index (κ1) is 26.5. The van der Waals surface area contributed by atoms with Crippen molar-refractivity contribution in [2.45, 2.75) is 13.5 Å². The zero-order valence-electron chi connectivity index (χ0n) is 21.1. The molecule has 0 aliphatic carbocycles. The molecular formula is C27H23ClFN5O4S. The van der Waals surface area contributed by atoms with Crippen LogP contribution >= 0.6 is 11.6 Å². The maximum absolute atomic E-state index is 14.9. The van der Waals surface area contributed by atoms with E-state index in [-0.39, 0.29) is 39.6 Å². The molecular weight excluding hydrogens is 545 g/mol. The van der Waals surface area contributed by atoms with E-state index in [9.17, 15) is 22.4 Å². The van der Waals surface area contributed by atoms with Gasteiger partial charge in [-0.1, -0.05) is 29.8 Å². The van der Waals surface area contributed by atoms with Gasteiger partial charge in [0.1, 0.15) is 16.7 Å². The lowest BCUT2D eigenvalue weighted by Gasteiger charge is -2.16. The normalized spacial score (nSPS) is 11.9. The minimum atomic E-state index is -4.21. The van der Waals surface area contributed by atoms with Crippen LogP contribution in [-0.2, 0) is 16.8 Å². The van der Waals surface area contributed by atoms with Gasteiger partial charge in [0.25, 0.3) is 11.5 Å². The Morgan fingerprint density at radius 3 is 2.62 bits per heavy atom. The number of nitrogens with one attached hydrogen (secondary N) is 2. The molecule has 0 unspecified atom stereocenters. The number of aromatic amines is 1. The van der Waals surface area contributed by atoms with E-state index >= 15 is 0 Å². The van der Waals surface area contributed by atoms with Gasteiger partial charge in [0.2, 0.25) is 0 Å². The molecule has 12 heteroatoms. The molecule has 0 aliphatic heterocycles. The molecule has 9 nitrogen and oxygen atoms in total. The molecule has 0 bridgehead atoms. The smallest absolute Gasteiger partial charge is 0.303 e. The highest BCUT2D eigenvalue weighted by atomic mass is 35.5. The van der Waals surface area contributed by atoms with Gasteiger partial charge >= 0.3 is 10.2 Å². The average Bonchev–Trinajstić information content (AvgIpc) is 3.17. The zero-order chi connectivity index (χ0) is 28.1. The third-order valence-electron chi connectivity index (χ3n) is 6.43. The second-order valence-electron chi connectivity index (χ2n) is 9.19. The summed E-state index contributed by atoms with van der Waals surface area (Å²) in [4.78, 5) is 33.7. The molecule has 0 radical (unpaired) electrons. The summed E-state index contributed by atoms with van der Waals surface area (Å²) in [6.07, 6.45) is 1.44. The van der Waals surface area contributed by atoms with Crippen LogP contribution in [0.25, 0.3) is 32.9 Å². The molecule has 39 heavy (non-hydrogen) atoms. The number of carbonyl (C=O) groups is 1. The predicted octanol–water partition coefficient (Wildman–Crippen LogP) is 4.23. The van der Waals surface area contributed by atoms with Crippen LogP contribution in [0.5, 0.6) is 0 Å². The van der Waals surface area contributed by atoms with E-state index in [2.05, 4.69) is 9.97 Å². The van der Waals surface area contributed by atoms with E-state index in [4.69, 9.17) is 11.6 Å². The number of carbonyl (C=O) groups excluding carboxylic acids is 1.